The predicted octanol–water partition coefficient (Wildman–Crippen LogP) is 2.07. The minimum atomic E-state index is -0.571. The molecule has 0 aromatic heterocycles. The van der Waals surface area contributed by atoms with Crippen LogP contribution in [-0.2, 0) is 16.0 Å². The Morgan fingerprint density at radius 3 is 2.40 bits per heavy atom. The van der Waals surface area contributed by atoms with Crippen LogP contribution in [0, 0.1) is 0 Å². The number of nitrogens with zero attached hydrogens (tertiary/aromatic N) is 3. The van der Waals surface area contributed by atoms with E-state index in [-0.39, 0.29) is 17.1 Å². The van der Waals surface area contributed by atoms with E-state index >= 15 is 0 Å². The smallest absolute Gasteiger partial charge is 0.318 e. The molecule has 1 N–H and O–H groups in total. The number of benzene rings is 1. The highest BCUT2D eigenvalue weighted by Gasteiger charge is 2.26. The second kappa shape index (κ2) is 12.6. The van der Waals surface area contributed by atoms with Gasteiger partial charge in [-0.2, -0.15) is 0 Å². The molecular weight excluding hydrogens is 400 g/mol. The average Bonchev–Trinajstić information content (AvgIpc) is 2.73. The van der Waals surface area contributed by atoms with Gasteiger partial charge in [0.2, 0.25) is 5.91 Å². The van der Waals surface area contributed by atoms with E-state index in [1.165, 1.54) is 24.2 Å². The van der Waals surface area contributed by atoms with Crippen molar-refractivity contribution < 1.29 is 14.4 Å². The lowest BCUT2D eigenvalue weighted by molar-refractivity contribution is -0.134. The van der Waals surface area contributed by atoms with Crippen LogP contribution in [0.3, 0.4) is 0 Å². The minimum absolute atomic E-state index is 0.0401. The summed E-state index contributed by atoms with van der Waals surface area (Å²) >= 11 is 1.21. The molecule has 3 amide bonds. The molecular formula is C22H34N4O3S. The third kappa shape index (κ3) is 8.36. The predicted molar refractivity (Wildman–Crippen MR) is 122 cm³/mol. The molecule has 0 bridgehead atoms. The average molecular weight is 435 g/mol. The Labute approximate surface area is 184 Å². The zero-order chi connectivity index (χ0) is 21.9. The van der Waals surface area contributed by atoms with E-state index in [0.29, 0.717) is 31.9 Å². The molecule has 1 aromatic carbocycles. The van der Waals surface area contributed by atoms with Crippen molar-refractivity contribution in [2.45, 2.75) is 32.7 Å². The summed E-state index contributed by atoms with van der Waals surface area (Å²) in [4.78, 5) is 42.5. The largest absolute Gasteiger partial charge is 0.338 e. The van der Waals surface area contributed by atoms with Crippen LogP contribution in [0.4, 0.5) is 4.79 Å². The number of nitrogens with one attached hydrogen (secondary N) is 1. The van der Waals surface area contributed by atoms with E-state index in [1.807, 2.05) is 30.1 Å². The summed E-state index contributed by atoms with van der Waals surface area (Å²) in [6, 6.07) is 9.34. The number of urea groups is 1. The van der Waals surface area contributed by atoms with Crippen molar-refractivity contribution in [3.63, 3.8) is 0 Å². The summed E-state index contributed by atoms with van der Waals surface area (Å²) < 4.78 is 0. The zero-order valence-electron chi connectivity index (χ0n) is 18.3. The Morgan fingerprint density at radius 1 is 1.10 bits per heavy atom. The molecule has 1 aromatic rings. The molecule has 8 heteroatoms. The first-order valence-corrected chi connectivity index (χ1v) is 11.6. The molecule has 7 nitrogen and oxygen atoms in total. The Balaban J connectivity index is 1.87. The molecule has 1 aliphatic rings. The summed E-state index contributed by atoms with van der Waals surface area (Å²) in [6.45, 7) is 7.39. The van der Waals surface area contributed by atoms with Crippen molar-refractivity contribution in [3.05, 3.63) is 35.9 Å². The number of hydrogen-bond acceptors (Lipinski definition) is 5. The Morgan fingerprint density at radius 2 is 1.77 bits per heavy atom. The van der Waals surface area contributed by atoms with Gasteiger partial charge in [0.15, 0.2) is 5.12 Å². The van der Waals surface area contributed by atoms with Gasteiger partial charge >= 0.3 is 6.03 Å². The zero-order valence-corrected chi connectivity index (χ0v) is 19.1. The second-order valence-corrected chi connectivity index (χ2v) is 8.99. The van der Waals surface area contributed by atoms with Crippen LogP contribution in [0.15, 0.2) is 30.3 Å². The number of aryl methyl sites for hydroxylation is 1. The summed E-state index contributed by atoms with van der Waals surface area (Å²) in [7, 11) is 2.04. The fraction of sp³-hybridized carbons (Fsp3) is 0.591. The quantitative estimate of drug-likeness (QED) is 0.644. The maximum atomic E-state index is 12.9. The van der Waals surface area contributed by atoms with Crippen LogP contribution >= 0.6 is 11.8 Å². The highest BCUT2D eigenvalue weighted by Crippen LogP contribution is 2.08. The van der Waals surface area contributed by atoms with Gasteiger partial charge in [-0.3, -0.25) is 9.59 Å². The number of hydrogen-bond donors (Lipinski definition) is 1. The summed E-state index contributed by atoms with van der Waals surface area (Å²) in [5, 5.41) is 2.90. The molecule has 1 atom stereocenters. The van der Waals surface area contributed by atoms with Crippen LogP contribution in [0.1, 0.15) is 25.8 Å². The van der Waals surface area contributed by atoms with Gasteiger partial charge in [-0.25, -0.2) is 4.79 Å². The minimum Gasteiger partial charge on any atom is -0.338 e. The molecule has 1 aliphatic heterocycles. The van der Waals surface area contributed by atoms with Crippen molar-refractivity contribution in [2.75, 3.05) is 52.1 Å². The normalized spacial score (nSPS) is 15.5. The summed E-state index contributed by atoms with van der Waals surface area (Å²) in [5.74, 6) is 0.508. The lowest BCUT2D eigenvalue weighted by atomic mass is 10.1. The molecule has 30 heavy (non-hydrogen) atoms. The third-order valence-corrected chi connectivity index (χ3v) is 6.01. The van der Waals surface area contributed by atoms with Gasteiger partial charge in [-0.15, -0.1) is 0 Å². The molecule has 1 saturated heterocycles. The van der Waals surface area contributed by atoms with E-state index in [1.54, 1.807) is 11.8 Å². The first-order chi connectivity index (χ1) is 14.4. The fourth-order valence-electron chi connectivity index (χ4n) is 3.37. The lowest BCUT2D eigenvalue weighted by Crippen LogP contribution is -2.55. The van der Waals surface area contributed by atoms with E-state index in [9.17, 15) is 14.4 Å². The van der Waals surface area contributed by atoms with Gasteiger partial charge in [-0.1, -0.05) is 42.1 Å². The molecule has 166 valence electrons. The number of carbonyl (C=O) groups is 3. The van der Waals surface area contributed by atoms with E-state index in [4.69, 9.17) is 0 Å². The molecule has 0 radical (unpaired) electrons. The van der Waals surface area contributed by atoms with Gasteiger partial charge in [0, 0.05) is 51.9 Å². The molecule has 0 spiro atoms. The standard InChI is InChI=1S/C22H34N4O3S/c1-18(21(28)25-14-12-24(3)13-15-25)23-22(29)26(16-17-30-19(2)27)11-7-10-20-8-5-4-6-9-20/h4-6,8-9,18H,7,10-17H2,1-3H3,(H,23,29)/t18-/m0/s1. The van der Waals surface area contributed by atoms with Gasteiger partial charge in [0.25, 0.3) is 0 Å². The van der Waals surface area contributed by atoms with Crippen molar-refractivity contribution in [1.29, 1.82) is 0 Å². The van der Waals surface area contributed by atoms with Crippen LogP contribution < -0.4 is 5.32 Å². The number of amides is 3. The Hall–Kier alpha value is -2.06. The lowest BCUT2D eigenvalue weighted by Gasteiger charge is -2.34. The van der Waals surface area contributed by atoms with Gasteiger partial charge in [0.1, 0.15) is 6.04 Å². The Kier molecular flexibility index (Phi) is 10.2. The maximum absolute atomic E-state index is 12.9. The Bertz CT molecular complexity index is 693. The molecule has 0 aliphatic carbocycles. The van der Waals surface area contributed by atoms with E-state index < -0.39 is 6.04 Å². The van der Waals surface area contributed by atoms with Crippen LogP contribution in [-0.4, -0.2) is 89.9 Å². The fourth-order valence-corrected chi connectivity index (χ4v) is 3.97. The first kappa shape index (κ1) is 24.2. The third-order valence-electron chi connectivity index (χ3n) is 5.22. The maximum Gasteiger partial charge on any atom is 0.318 e. The van der Waals surface area contributed by atoms with E-state index in [0.717, 1.165) is 25.9 Å². The van der Waals surface area contributed by atoms with Gasteiger partial charge < -0.3 is 20.0 Å². The first-order valence-electron chi connectivity index (χ1n) is 10.6. The van der Waals surface area contributed by atoms with Crippen LogP contribution in [0.5, 0.6) is 0 Å². The molecule has 0 saturated carbocycles. The van der Waals surface area contributed by atoms with Crippen molar-refractivity contribution in [3.8, 4) is 0 Å². The van der Waals surface area contributed by atoms with Crippen LogP contribution in [0.2, 0.25) is 0 Å². The van der Waals surface area contributed by atoms with Gasteiger partial charge in [0.05, 0.1) is 0 Å². The number of likely N-dealkylation sites (N-methyl/N-ethyl adjacent to an activating group) is 1. The highest BCUT2D eigenvalue weighted by molar-refractivity contribution is 8.13. The molecule has 2 rings (SSSR count). The number of rotatable bonds is 9. The topological polar surface area (TPSA) is 73.0 Å². The van der Waals surface area contributed by atoms with E-state index in [2.05, 4.69) is 22.3 Å². The highest BCUT2D eigenvalue weighted by atomic mass is 32.2. The second-order valence-electron chi connectivity index (χ2n) is 7.72. The molecule has 1 fully saturated rings. The molecule has 1 heterocycles. The number of carbonyl (C=O) groups excluding carboxylic acids is 3. The van der Waals surface area contributed by atoms with Crippen molar-refractivity contribution >= 4 is 28.8 Å². The number of piperazine rings is 1. The van der Waals surface area contributed by atoms with Gasteiger partial charge in [-0.05, 0) is 32.4 Å². The van der Waals surface area contributed by atoms with Crippen molar-refractivity contribution in [2.24, 2.45) is 0 Å². The summed E-state index contributed by atoms with van der Waals surface area (Å²) in [5.41, 5.74) is 1.23. The monoisotopic (exact) mass is 434 g/mol. The number of thioether (sulfide) groups is 1. The molecule has 0 unspecified atom stereocenters. The summed E-state index contributed by atoms with van der Waals surface area (Å²) in [6.07, 6.45) is 1.70. The van der Waals surface area contributed by atoms with Crippen molar-refractivity contribution in [1.82, 2.24) is 20.0 Å². The van der Waals surface area contributed by atoms with Crippen LogP contribution in [0.25, 0.3) is 0 Å². The SMILES string of the molecule is CC(=O)SCCN(CCCc1ccccc1)C(=O)N[C@@H](C)C(=O)N1CCN(C)CC1.